The Morgan fingerprint density at radius 1 is 1.09 bits per heavy atom. The number of hydrogen-bond acceptors (Lipinski definition) is 3. The van der Waals surface area contributed by atoms with E-state index in [-0.39, 0.29) is 35.4 Å². The Bertz CT molecular complexity index is 411. The molecule has 4 saturated carbocycles. The van der Waals surface area contributed by atoms with Gasteiger partial charge < -0.3 is 14.3 Å². The van der Waals surface area contributed by atoms with Gasteiger partial charge in [0.2, 0.25) is 0 Å². The highest BCUT2D eigenvalue weighted by Crippen LogP contribution is 2.57. The molecule has 5 aliphatic rings. The second-order valence-corrected chi connectivity index (χ2v) is 8.48. The van der Waals surface area contributed by atoms with E-state index in [1.165, 1.54) is 38.5 Å². The molecule has 5 rings (SSSR count). The zero-order valence-corrected chi connectivity index (χ0v) is 16.0. The van der Waals surface area contributed by atoms with Crippen LogP contribution in [0.2, 0.25) is 0 Å². The Morgan fingerprint density at radius 2 is 1.59 bits per heavy atom. The molecule has 4 bridgehead atoms. The third-order valence-electron chi connectivity index (χ3n) is 6.44. The van der Waals surface area contributed by atoms with E-state index in [2.05, 4.69) is 7.05 Å². The van der Waals surface area contributed by atoms with Crippen LogP contribution in [0, 0.1) is 17.8 Å². The van der Waals surface area contributed by atoms with Gasteiger partial charge in [0.25, 0.3) is 0 Å². The number of quaternary nitrogens is 1. The highest BCUT2D eigenvalue weighted by molar-refractivity contribution is 14.0. The van der Waals surface area contributed by atoms with Crippen LogP contribution >= 0.6 is 24.0 Å². The van der Waals surface area contributed by atoms with Crippen LogP contribution in [0.4, 0.5) is 0 Å². The monoisotopic (exact) mass is 420 g/mol. The van der Waals surface area contributed by atoms with E-state index in [9.17, 15) is 5.11 Å². The maximum Gasteiger partial charge on any atom is 0.107 e. The summed E-state index contributed by atoms with van der Waals surface area (Å²) in [7, 11) is 2.18. The molecule has 0 spiro atoms. The van der Waals surface area contributed by atoms with Gasteiger partial charge in [-0.2, -0.15) is 0 Å². The molecule has 0 N–H and O–H groups in total. The van der Waals surface area contributed by atoms with Crippen LogP contribution in [-0.2, 0) is 4.74 Å². The number of likely N-dealkylation sites (N-methyl/N-ethyl adjacent to an activating group) is 1. The van der Waals surface area contributed by atoms with E-state index in [0.29, 0.717) is 6.54 Å². The average Bonchev–Trinajstić information content (AvgIpc) is 2.35. The highest BCUT2D eigenvalue weighted by Gasteiger charge is 2.50. The lowest BCUT2D eigenvalue weighted by atomic mass is 9.53. The largest absolute Gasteiger partial charge is 0.858 e. The van der Waals surface area contributed by atoms with E-state index in [0.717, 1.165) is 48.5 Å². The minimum Gasteiger partial charge on any atom is -0.858 e. The fourth-order valence-electron chi connectivity index (χ4n) is 5.77. The first-order chi connectivity index (χ1) is 10.0. The average molecular weight is 420 g/mol. The Kier molecular flexibility index (Phi) is 4.78. The lowest BCUT2D eigenvalue weighted by Crippen LogP contribution is -2.57. The van der Waals surface area contributed by atoms with Crippen molar-refractivity contribution in [3.05, 3.63) is 0 Å². The van der Waals surface area contributed by atoms with Crippen molar-refractivity contribution in [2.45, 2.75) is 44.1 Å². The third-order valence-corrected chi connectivity index (χ3v) is 6.44. The van der Waals surface area contributed by atoms with Gasteiger partial charge in [-0.15, -0.1) is 24.0 Å². The highest BCUT2D eigenvalue weighted by atomic mass is 127. The molecule has 4 nitrogen and oxygen atoms in total. The van der Waals surface area contributed by atoms with Crippen LogP contribution in [0.3, 0.4) is 0 Å². The molecule has 0 amide bonds. The molecular weight excluding hydrogens is 391 g/mol. The van der Waals surface area contributed by atoms with Crippen molar-refractivity contribution in [3.8, 4) is 0 Å². The zero-order valence-electron chi connectivity index (χ0n) is 13.6. The maximum absolute atomic E-state index is 12.6. The summed E-state index contributed by atoms with van der Waals surface area (Å²) in [6.45, 7) is 4.03. The second-order valence-electron chi connectivity index (χ2n) is 8.48. The van der Waals surface area contributed by atoms with Crippen molar-refractivity contribution in [1.29, 1.82) is 0 Å². The number of halogens is 1. The van der Waals surface area contributed by atoms with Crippen molar-refractivity contribution >= 4 is 29.9 Å². The van der Waals surface area contributed by atoms with E-state index >= 15 is 0 Å². The third kappa shape index (κ3) is 3.31. The summed E-state index contributed by atoms with van der Waals surface area (Å²) < 4.78 is 6.24. The number of rotatable bonds is 3. The van der Waals surface area contributed by atoms with Crippen molar-refractivity contribution in [1.82, 2.24) is 0 Å². The van der Waals surface area contributed by atoms with Gasteiger partial charge in [-0.1, -0.05) is 0 Å². The van der Waals surface area contributed by atoms with Crippen LogP contribution in [-0.4, -0.2) is 55.8 Å². The lowest BCUT2D eigenvalue weighted by Gasteiger charge is -2.55. The van der Waals surface area contributed by atoms with E-state index < -0.39 is 0 Å². The fraction of sp³-hybridized carbons (Fsp3) is 0.941. The Morgan fingerprint density at radius 3 is 2.09 bits per heavy atom. The summed E-state index contributed by atoms with van der Waals surface area (Å²) in [6.07, 6.45) is 7.81. The molecule has 22 heavy (non-hydrogen) atoms. The first-order valence-electron chi connectivity index (χ1n) is 8.71. The number of morpholine rings is 1. The Balaban J connectivity index is 0.00000144. The molecule has 0 aromatic rings. The summed E-state index contributed by atoms with van der Waals surface area (Å²) in [6, 6.07) is 0. The van der Waals surface area contributed by atoms with E-state index in [1.54, 1.807) is 0 Å². The number of hydrogen-bond donors (Lipinski definition) is 0. The molecule has 0 atom stereocenters. The summed E-state index contributed by atoms with van der Waals surface area (Å²) >= 11 is 0. The zero-order chi connectivity index (χ0) is 14.5. The smallest absolute Gasteiger partial charge is 0.107 e. The summed E-state index contributed by atoms with van der Waals surface area (Å²) in [5.74, 6) is 2.74. The minimum atomic E-state index is 0. The molecule has 1 heterocycles. The van der Waals surface area contributed by atoms with Crippen molar-refractivity contribution in [3.63, 3.8) is 0 Å². The van der Waals surface area contributed by atoms with Crippen molar-refractivity contribution in [2.24, 2.45) is 22.7 Å². The molecule has 4 aliphatic carbocycles. The molecule has 0 unspecified atom stereocenters. The lowest BCUT2D eigenvalue weighted by molar-refractivity contribution is -0.910. The van der Waals surface area contributed by atoms with Gasteiger partial charge in [-0.3, -0.25) is 4.99 Å². The molecule has 126 valence electrons. The van der Waals surface area contributed by atoms with Gasteiger partial charge in [0.15, 0.2) is 0 Å². The van der Waals surface area contributed by atoms with Crippen molar-refractivity contribution < 1.29 is 14.3 Å². The minimum absolute atomic E-state index is 0. The summed E-state index contributed by atoms with van der Waals surface area (Å²) in [5.41, 5.74) is 0.0390. The quantitative estimate of drug-likeness (QED) is 0.303. The molecule has 1 saturated heterocycles. The summed E-state index contributed by atoms with van der Waals surface area (Å²) in [5, 5.41) is 12.6. The van der Waals surface area contributed by atoms with Crippen LogP contribution in [0.5, 0.6) is 0 Å². The van der Waals surface area contributed by atoms with Gasteiger partial charge >= 0.3 is 0 Å². The van der Waals surface area contributed by atoms with Gasteiger partial charge in [0.05, 0.1) is 25.8 Å². The van der Waals surface area contributed by atoms with Crippen LogP contribution in [0.15, 0.2) is 4.99 Å². The van der Waals surface area contributed by atoms with E-state index in [1.807, 2.05) is 0 Å². The number of ether oxygens (including phenoxy) is 1. The van der Waals surface area contributed by atoms with Gasteiger partial charge in [-0.25, -0.2) is 0 Å². The summed E-state index contributed by atoms with van der Waals surface area (Å²) in [4.78, 5) is 4.81. The van der Waals surface area contributed by atoms with Crippen LogP contribution in [0.25, 0.3) is 0 Å². The second kappa shape index (κ2) is 6.20. The fourth-order valence-corrected chi connectivity index (χ4v) is 5.77. The predicted octanol–water partition coefficient (Wildman–Crippen LogP) is 1.81. The first kappa shape index (κ1) is 17.0. The molecule has 1 aliphatic heterocycles. The molecule has 5 fully saturated rings. The maximum atomic E-state index is 12.6. The van der Waals surface area contributed by atoms with Gasteiger partial charge in [-0.05, 0) is 56.3 Å². The van der Waals surface area contributed by atoms with Crippen LogP contribution < -0.4 is 5.11 Å². The number of nitrogens with zero attached hydrogens (tertiary/aromatic N) is 2. The Hall–Kier alpha value is 0.120. The predicted molar refractivity (Wildman–Crippen MR) is 95.4 cm³/mol. The Labute approximate surface area is 150 Å². The molecule has 0 aromatic heterocycles. The molecule has 5 heteroatoms. The standard InChI is InChI=1S/C17H28N2O2.HI/c1-19(2-4-21-5-3-19)12-16(20)18-17-9-13-6-14(10-17)8-15(7-13)11-17;/h13-15H,2-12H2,1H3;1H. The molecule has 0 radical (unpaired) electrons. The molecular formula is C17H29IN2O2. The number of aliphatic imine (C=N–C) groups is 1. The van der Waals surface area contributed by atoms with Gasteiger partial charge in [0, 0.05) is 5.90 Å². The normalized spacial score (nSPS) is 43.0. The van der Waals surface area contributed by atoms with Crippen molar-refractivity contribution in [2.75, 3.05) is 39.9 Å². The topological polar surface area (TPSA) is 44.7 Å². The van der Waals surface area contributed by atoms with Crippen LogP contribution in [0.1, 0.15) is 38.5 Å². The molecule has 0 aromatic carbocycles. The SMILES string of the molecule is C[N+]1(CC([O-])=NC23CC4CC(CC(C4)C2)C3)CCOCC1.I. The van der Waals surface area contributed by atoms with Gasteiger partial charge in [0.1, 0.15) is 19.6 Å². The van der Waals surface area contributed by atoms with E-state index in [4.69, 9.17) is 9.73 Å². The first-order valence-corrected chi connectivity index (χ1v) is 8.71.